The van der Waals surface area contributed by atoms with E-state index in [1.807, 2.05) is 31.2 Å². The van der Waals surface area contributed by atoms with E-state index in [0.717, 1.165) is 44.8 Å². The highest BCUT2D eigenvalue weighted by Crippen LogP contribution is 2.22. The lowest BCUT2D eigenvalue weighted by molar-refractivity contribution is -0.123. The Kier molecular flexibility index (Phi) is 6.11. The average Bonchev–Trinajstić information content (AvgIpc) is 3.10. The van der Waals surface area contributed by atoms with Gasteiger partial charge in [0.2, 0.25) is 5.91 Å². The molecule has 0 spiro atoms. The zero-order valence-corrected chi connectivity index (χ0v) is 15.1. The number of nitrogens with one attached hydrogen (secondary N) is 2. The van der Waals surface area contributed by atoms with Crippen LogP contribution in [0.1, 0.15) is 24.9 Å². The molecular weight excluding hydrogens is 324 g/mol. The van der Waals surface area contributed by atoms with Crippen LogP contribution < -0.4 is 10.6 Å². The standard InChI is InChI=1S/C18H27ClN4O/c1-14(16-4-2-3-5-17(16)19)21-18(24)13-22-8-10-23(11-9-22)15-6-7-20-12-15/h2-5,14-15,20H,6-13H2,1H3,(H,21,24). The SMILES string of the molecule is CC(NC(=O)CN1CCN(C2CCNC2)CC1)c1ccccc1Cl. The number of hydrogen-bond donors (Lipinski definition) is 2. The molecule has 0 bridgehead atoms. The van der Waals surface area contributed by atoms with E-state index < -0.39 is 0 Å². The van der Waals surface area contributed by atoms with Gasteiger partial charge in [0.15, 0.2) is 0 Å². The second-order valence-electron chi connectivity index (χ2n) is 6.77. The average molecular weight is 351 g/mol. The molecule has 5 nitrogen and oxygen atoms in total. The molecule has 0 aromatic heterocycles. The molecule has 1 aromatic rings. The fourth-order valence-corrected chi connectivity index (χ4v) is 3.93. The lowest BCUT2D eigenvalue weighted by Crippen LogP contribution is -2.52. The Hall–Kier alpha value is -1.14. The van der Waals surface area contributed by atoms with Gasteiger partial charge < -0.3 is 10.6 Å². The number of amides is 1. The third-order valence-electron chi connectivity index (χ3n) is 5.07. The summed E-state index contributed by atoms with van der Waals surface area (Å²) in [5.41, 5.74) is 0.964. The molecule has 1 amide bonds. The highest BCUT2D eigenvalue weighted by Gasteiger charge is 2.26. The first-order valence-electron chi connectivity index (χ1n) is 8.84. The predicted molar refractivity (Wildman–Crippen MR) is 97.3 cm³/mol. The number of hydrogen-bond acceptors (Lipinski definition) is 4. The fraction of sp³-hybridized carbons (Fsp3) is 0.611. The van der Waals surface area contributed by atoms with E-state index in [4.69, 9.17) is 11.6 Å². The van der Waals surface area contributed by atoms with Gasteiger partial charge >= 0.3 is 0 Å². The van der Waals surface area contributed by atoms with Gasteiger partial charge in [0.1, 0.15) is 0 Å². The molecule has 0 radical (unpaired) electrons. The summed E-state index contributed by atoms with van der Waals surface area (Å²) >= 11 is 6.20. The van der Waals surface area contributed by atoms with Crippen LogP contribution in [-0.4, -0.2) is 67.6 Å². The summed E-state index contributed by atoms with van der Waals surface area (Å²) in [7, 11) is 0. The minimum atomic E-state index is -0.0722. The van der Waals surface area contributed by atoms with E-state index in [2.05, 4.69) is 20.4 Å². The number of carbonyl (C=O) groups excluding carboxylic acids is 1. The van der Waals surface area contributed by atoms with Gasteiger partial charge in [0, 0.05) is 43.8 Å². The summed E-state index contributed by atoms with van der Waals surface area (Å²) in [6.07, 6.45) is 1.25. The third-order valence-corrected chi connectivity index (χ3v) is 5.42. The van der Waals surface area contributed by atoms with Crippen LogP contribution in [0.2, 0.25) is 5.02 Å². The fourth-order valence-electron chi connectivity index (χ4n) is 3.63. The number of nitrogens with zero attached hydrogens (tertiary/aromatic N) is 2. The first-order chi connectivity index (χ1) is 11.6. The molecule has 2 saturated heterocycles. The van der Waals surface area contributed by atoms with Crippen LogP contribution in [-0.2, 0) is 4.79 Å². The van der Waals surface area contributed by atoms with Crippen molar-refractivity contribution >= 4 is 17.5 Å². The molecule has 0 aliphatic carbocycles. The smallest absolute Gasteiger partial charge is 0.234 e. The molecule has 2 N–H and O–H groups in total. The van der Waals surface area contributed by atoms with Crippen LogP contribution in [0.5, 0.6) is 0 Å². The monoisotopic (exact) mass is 350 g/mol. The summed E-state index contributed by atoms with van der Waals surface area (Å²) in [6, 6.07) is 8.28. The van der Waals surface area contributed by atoms with Gasteiger partial charge in [0.25, 0.3) is 0 Å². The van der Waals surface area contributed by atoms with E-state index in [1.165, 1.54) is 6.42 Å². The molecule has 2 aliphatic heterocycles. The second-order valence-corrected chi connectivity index (χ2v) is 7.18. The zero-order chi connectivity index (χ0) is 16.9. The Morgan fingerprint density at radius 1 is 1.33 bits per heavy atom. The van der Waals surface area contributed by atoms with E-state index in [-0.39, 0.29) is 11.9 Å². The summed E-state index contributed by atoms with van der Waals surface area (Å²) < 4.78 is 0. The Bertz CT molecular complexity index is 554. The Morgan fingerprint density at radius 2 is 2.08 bits per heavy atom. The van der Waals surface area contributed by atoms with Gasteiger partial charge in [-0.1, -0.05) is 29.8 Å². The predicted octanol–water partition coefficient (Wildman–Crippen LogP) is 1.50. The highest BCUT2D eigenvalue weighted by molar-refractivity contribution is 6.31. The van der Waals surface area contributed by atoms with Crippen molar-refractivity contribution in [2.45, 2.75) is 25.4 Å². The number of piperazine rings is 1. The number of carbonyl (C=O) groups is 1. The van der Waals surface area contributed by atoms with E-state index in [9.17, 15) is 4.79 Å². The Morgan fingerprint density at radius 3 is 2.75 bits per heavy atom. The molecule has 2 atom stereocenters. The van der Waals surface area contributed by atoms with Gasteiger partial charge in [-0.15, -0.1) is 0 Å². The van der Waals surface area contributed by atoms with Crippen LogP contribution in [0.3, 0.4) is 0 Å². The molecule has 3 rings (SSSR count). The molecule has 2 fully saturated rings. The minimum absolute atomic E-state index is 0.0680. The Balaban J connectivity index is 1.43. The van der Waals surface area contributed by atoms with Crippen LogP contribution in [0.15, 0.2) is 24.3 Å². The summed E-state index contributed by atoms with van der Waals surface area (Å²) in [4.78, 5) is 17.1. The topological polar surface area (TPSA) is 47.6 Å². The van der Waals surface area contributed by atoms with Crippen molar-refractivity contribution < 1.29 is 4.79 Å². The van der Waals surface area contributed by atoms with Gasteiger partial charge in [-0.05, 0) is 31.5 Å². The van der Waals surface area contributed by atoms with Crippen LogP contribution in [0.25, 0.3) is 0 Å². The molecular formula is C18H27ClN4O. The van der Waals surface area contributed by atoms with E-state index >= 15 is 0 Å². The lowest BCUT2D eigenvalue weighted by atomic mass is 10.1. The van der Waals surface area contributed by atoms with Crippen molar-refractivity contribution in [1.29, 1.82) is 0 Å². The minimum Gasteiger partial charge on any atom is -0.348 e. The van der Waals surface area contributed by atoms with Crippen LogP contribution in [0.4, 0.5) is 0 Å². The summed E-state index contributed by atoms with van der Waals surface area (Å²) in [6.45, 7) is 8.72. The van der Waals surface area contributed by atoms with Crippen molar-refractivity contribution in [2.24, 2.45) is 0 Å². The number of rotatable bonds is 5. The lowest BCUT2D eigenvalue weighted by Gasteiger charge is -2.37. The van der Waals surface area contributed by atoms with Crippen molar-refractivity contribution in [3.05, 3.63) is 34.9 Å². The molecule has 2 heterocycles. The van der Waals surface area contributed by atoms with E-state index in [0.29, 0.717) is 17.6 Å². The van der Waals surface area contributed by atoms with Gasteiger partial charge in [-0.3, -0.25) is 14.6 Å². The molecule has 132 valence electrons. The molecule has 24 heavy (non-hydrogen) atoms. The van der Waals surface area contributed by atoms with Crippen molar-refractivity contribution in [3.63, 3.8) is 0 Å². The van der Waals surface area contributed by atoms with Crippen LogP contribution in [0, 0.1) is 0 Å². The van der Waals surface area contributed by atoms with Crippen molar-refractivity contribution in [3.8, 4) is 0 Å². The molecule has 1 aromatic carbocycles. The third kappa shape index (κ3) is 4.48. The maximum Gasteiger partial charge on any atom is 0.234 e. The summed E-state index contributed by atoms with van der Waals surface area (Å²) in [5.74, 6) is 0.0680. The molecule has 0 saturated carbocycles. The van der Waals surface area contributed by atoms with Crippen LogP contribution >= 0.6 is 11.6 Å². The number of halogens is 1. The quantitative estimate of drug-likeness (QED) is 0.845. The zero-order valence-electron chi connectivity index (χ0n) is 14.3. The highest BCUT2D eigenvalue weighted by atomic mass is 35.5. The maximum absolute atomic E-state index is 12.3. The number of benzene rings is 1. The largest absolute Gasteiger partial charge is 0.348 e. The molecule has 6 heteroatoms. The van der Waals surface area contributed by atoms with Gasteiger partial charge in [-0.25, -0.2) is 0 Å². The maximum atomic E-state index is 12.3. The van der Waals surface area contributed by atoms with E-state index in [1.54, 1.807) is 0 Å². The normalized spacial score (nSPS) is 24.0. The summed E-state index contributed by atoms with van der Waals surface area (Å²) in [5, 5.41) is 7.18. The molecule has 2 aliphatic rings. The first kappa shape index (κ1) is 17.7. The second kappa shape index (κ2) is 8.30. The van der Waals surface area contributed by atoms with Crippen molar-refractivity contribution in [1.82, 2.24) is 20.4 Å². The Labute approximate surface area is 149 Å². The first-order valence-corrected chi connectivity index (χ1v) is 9.22. The van der Waals surface area contributed by atoms with Gasteiger partial charge in [0.05, 0.1) is 12.6 Å². The van der Waals surface area contributed by atoms with Crippen molar-refractivity contribution in [2.75, 3.05) is 45.8 Å². The van der Waals surface area contributed by atoms with Gasteiger partial charge in [-0.2, -0.15) is 0 Å². The molecule has 2 unspecified atom stereocenters.